The SMILES string of the molecule is Cc1c(C(=O)N[C@H]2CCCNC2)c(=O)[nH]c2ccccc12.Cl. The number of aromatic nitrogens is 1. The first-order valence-electron chi connectivity index (χ1n) is 7.30. The zero-order valence-electron chi connectivity index (χ0n) is 12.4. The van der Waals surface area contributed by atoms with Gasteiger partial charge in [-0.05, 0) is 37.9 Å². The molecule has 1 atom stereocenters. The molecule has 1 aromatic heterocycles. The van der Waals surface area contributed by atoms with Gasteiger partial charge in [0, 0.05) is 23.5 Å². The van der Waals surface area contributed by atoms with Crippen molar-refractivity contribution in [2.24, 2.45) is 0 Å². The number of hydrogen-bond acceptors (Lipinski definition) is 3. The van der Waals surface area contributed by atoms with Crippen molar-refractivity contribution in [1.82, 2.24) is 15.6 Å². The lowest BCUT2D eigenvalue weighted by atomic mass is 10.0. The van der Waals surface area contributed by atoms with Gasteiger partial charge in [-0.1, -0.05) is 18.2 Å². The maximum absolute atomic E-state index is 12.4. The molecule has 118 valence electrons. The first-order valence-corrected chi connectivity index (χ1v) is 7.30. The molecule has 0 spiro atoms. The molecule has 0 radical (unpaired) electrons. The molecule has 1 aromatic carbocycles. The number of amides is 1. The number of rotatable bonds is 2. The highest BCUT2D eigenvalue weighted by molar-refractivity contribution is 6.00. The molecule has 0 bridgehead atoms. The van der Waals surface area contributed by atoms with Crippen LogP contribution in [0.4, 0.5) is 0 Å². The molecule has 0 unspecified atom stereocenters. The van der Waals surface area contributed by atoms with E-state index in [4.69, 9.17) is 0 Å². The Morgan fingerprint density at radius 2 is 2.09 bits per heavy atom. The van der Waals surface area contributed by atoms with Crippen LogP contribution in [0.1, 0.15) is 28.8 Å². The van der Waals surface area contributed by atoms with Crippen molar-refractivity contribution in [3.63, 3.8) is 0 Å². The van der Waals surface area contributed by atoms with Crippen LogP contribution in [0.2, 0.25) is 0 Å². The summed E-state index contributed by atoms with van der Waals surface area (Å²) in [4.78, 5) is 27.4. The van der Waals surface area contributed by atoms with Crippen molar-refractivity contribution < 1.29 is 4.79 Å². The molecule has 0 aliphatic carbocycles. The van der Waals surface area contributed by atoms with Crippen LogP contribution in [0.25, 0.3) is 10.9 Å². The van der Waals surface area contributed by atoms with E-state index in [9.17, 15) is 9.59 Å². The van der Waals surface area contributed by atoms with Gasteiger partial charge in [-0.25, -0.2) is 0 Å². The van der Waals surface area contributed by atoms with Gasteiger partial charge in [-0.3, -0.25) is 9.59 Å². The molecule has 3 rings (SSSR count). The molecule has 2 aromatic rings. The third-order valence-corrected chi connectivity index (χ3v) is 4.04. The van der Waals surface area contributed by atoms with Crippen molar-refractivity contribution in [2.75, 3.05) is 13.1 Å². The monoisotopic (exact) mass is 321 g/mol. The zero-order valence-corrected chi connectivity index (χ0v) is 13.3. The molecule has 1 amide bonds. The third-order valence-electron chi connectivity index (χ3n) is 4.04. The number of carbonyl (C=O) groups is 1. The molecule has 1 aliphatic rings. The van der Waals surface area contributed by atoms with Crippen LogP contribution in [0.3, 0.4) is 0 Å². The normalized spacial score (nSPS) is 17.8. The van der Waals surface area contributed by atoms with Crippen LogP contribution < -0.4 is 16.2 Å². The molecular formula is C16H20ClN3O2. The van der Waals surface area contributed by atoms with Crippen molar-refractivity contribution in [3.8, 4) is 0 Å². The Balaban J connectivity index is 0.00000176. The molecule has 1 saturated heterocycles. The standard InChI is InChI=1S/C16H19N3O2.ClH/c1-10-12-6-2-3-7-13(12)19-16(21)14(10)15(20)18-11-5-4-8-17-9-11;/h2-3,6-7,11,17H,4-5,8-9H2,1H3,(H,18,20)(H,19,21);1H/t11-;/m0./s1. The number of nitrogens with one attached hydrogen (secondary N) is 3. The van der Waals surface area contributed by atoms with Gasteiger partial charge in [0.2, 0.25) is 0 Å². The summed E-state index contributed by atoms with van der Waals surface area (Å²) in [6.45, 7) is 3.57. The molecule has 6 heteroatoms. The Labute approximate surface area is 134 Å². The van der Waals surface area contributed by atoms with Crippen molar-refractivity contribution >= 4 is 29.2 Å². The molecule has 5 nitrogen and oxygen atoms in total. The van der Waals surface area contributed by atoms with Gasteiger partial charge in [0.05, 0.1) is 0 Å². The Morgan fingerprint density at radius 1 is 1.32 bits per heavy atom. The average molecular weight is 322 g/mol. The number of para-hydroxylation sites is 1. The van der Waals surface area contributed by atoms with Crippen LogP contribution in [-0.4, -0.2) is 30.0 Å². The van der Waals surface area contributed by atoms with E-state index >= 15 is 0 Å². The highest BCUT2D eigenvalue weighted by Crippen LogP contribution is 2.17. The first kappa shape index (κ1) is 16.5. The Bertz CT molecular complexity index is 736. The quantitative estimate of drug-likeness (QED) is 0.789. The van der Waals surface area contributed by atoms with E-state index in [1.807, 2.05) is 31.2 Å². The summed E-state index contributed by atoms with van der Waals surface area (Å²) in [7, 11) is 0. The van der Waals surface area contributed by atoms with Gasteiger partial charge in [-0.2, -0.15) is 0 Å². The maximum atomic E-state index is 12.4. The second-order valence-corrected chi connectivity index (χ2v) is 5.52. The average Bonchev–Trinajstić information content (AvgIpc) is 2.48. The number of halogens is 1. The number of aryl methyl sites for hydroxylation is 1. The minimum Gasteiger partial charge on any atom is -0.348 e. The molecule has 0 saturated carbocycles. The Kier molecular flexibility index (Phi) is 5.21. The van der Waals surface area contributed by atoms with E-state index < -0.39 is 0 Å². The van der Waals surface area contributed by atoms with Crippen LogP contribution in [0.5, 0.6) is 0 Å². The molecule has 2 heterocycles. The van der Waals surface area contributed by atoms with Gasteiger partial charge in [0.25, 0.3) is 11.5 Å². The summed E-state index contributed by atoms with van der Waals surface area (Å²) in [6.07, 6.45) is 1.99. The number of carbonyl (C=O) groups excluding carboxylic acids is 1. The van der Waals surface area contributed by atoms with Gasteiger partial charge in [0.15, 0.2) is 0 Å². The van der Waals surface area contributed by atoms with Crippen LogP contribution in [0, 0.1) is 6.92 Å². The number of H-pyrrole nitrogens is 1. The van der Waals surface area contributed by atoms with Crippen LogP contribution in [0.15, 0.2) is 29.1 Å². The predicted molar refractivity (Wildman–Crippen MR) is 89.9 cm³/mol. The largest absolute Gasteiger partial charge is 0.348 e. The lowest BCUT2D eigenvalue weighted by Gasteiger charge is -2.24. The van der Waals surface area contributed by atoms with E-state index in [1.165, 1.54) is 0 Å². The smallest absolute Gasteiger partial charge is 0.261 e. The van der Waals surface area contributed by atoms with Gasteiger partial charge in [-0.15, -0.1) is 12.4 Å². The molecule has 22 heavy (non-hydrogen) atoms. The molecule has 1 aliphatic heterocycles. The van der Waals surface area contributed by atoms with E-state index in [-0.39, 0.29) is 35.5 Å². The van der Waals surface area contributed by atoms with Crippen molar-refractivity contribution in [3.05, 3.63) is 45.7 Å². The van der Waals surface area contributed by atoms with Crippen LogP contribution in [-0.2, 0) is 0 Å². The van der Waals surface area contributed by atoms with E-state index in [0.717, 1.165) is 42.4 Å². The summed E-state index contributed by atoms with van der Waals surface area (Å²) < 4.78 is 0. The Hall–Kier alpha value is -1.85. The van der Waals surface area contributed by atoms with Crippen LogP contribution >= 0.6 is 12.4 Å². The summed E-state index contributed by atoms with van der Waals surface area (Å²) in [5.41, 5.74) is 1.39. The summed E-state index contributed by atoms with van der Waals surface area (Å²) in [6, 6.07) is 7.62. The fourth-order valence-electron chi connectivity index (χ4n) is 2.91. The summed E-state index contributed by atoms with van der Waals surface area (Å²) in [5, 5.41) is 7.12. The number of aromatic amines is 1. The van der Waals surface area contributed by atoms with Gasteiger partial charge < -0.3 is 15.6 Å². The highest BCUT2D eigenvalue weighted by Gasteiger charge is 2.20. The molecule has 3 N–H and O–H groups in total. The minimum absolute atomic E-state index is 0. The minimum atomic E-state index is -0.326. The second kappa shape index (κ2) is 6.94. The third kappa shape index (κ3) is 3.15. The number of hydrogen-bond donors (Lipinski definition) is 3. The van der Waals surface area contributed by atoms with E-state index in [1.54, 1.807) is 0 Å². The van der Waals surface area contributed by atoms with E-state index in [0.29, 0.717) is 0 Å². The van der Waals surface area contributed by atoms with Gasteiger partial charge in [0.1, 0.15) is 5.56 Å². The fraction of sp³-hybridized carbons (Fsp3) is 0.375. The van der Waals surface area contributed by atoms with Crippen molar-refractivity contribution in [2.45, 2.75) is 25.8 Å². The predicted octanol–water partition coefficient (Wildman–Crippen LogP) is 1.74. The fourth-order valence-corrected chi connectivity index (χ4v) is 2.91. The van der Waals surface area contributed by atoms with Gasteiger partial charge >= 0.3 is 0 Å². The highest BCUT2D eigenvalue weighted by atomic mass is 35.5. The van der Waals surface area contributed by atoms with Crippen molar-refractivity contribution in [1.29, 1.82) is 0 Å². The number of fused-ring (bicyclic) bond motifs is 1. The topological polar surface area (TPSA) is 74.0 Å². The lowest BCUT2D eigenvalue weighted by molar-refractivity contribution is 0.0928. The second-order valence-electron chi connectivity index (χ2n) is 5.52. The summed E-state index contributed by atoms with van der Waals surface area (Å²) >= 11 is 0. The number of piperidine rings is 1. The molecular weight excluding hydrogens is 302 g/mol. The maximum Gasteiger partial charge on any atom is 0.261 e. The number of benzene rings is 1. The first-order chi connectivity index (χ1) is 10.2. The summed E-state index contributed by atoms with van der Waals surface area (Å²) in [5.74, 6) is -0.284. The van der Waals surface area contributed by atoms with E-state index in [2.05, 4.69) is 15.6 Å². The zero-order chi connectivity index (χ0) is 14.8. The lowest BCUT2D eigenvalue weighted by Crippen LogP contribution is -2.46. The molecule has 1 fully saturated rings. The number of pyridine rings is 1. The Morgan fingerprint density at radius 3 is 2.82 bits per heavy atom.